The first-order valence-electron chi connectivity index (χ1n) is 23.8. The average Bonchev–Trinajstić information content (AvgIpc) is 3.32. The minimum absolute atomic E-state index is 0.107. The van der Waals surface area contributed by atoms with Gasteiger partial charge in [0.1, 0.15) is 44.4 Å². The Labute approximate surface area is 387 Å². The highest BCUT2D eigenvalue weighted by Gasteiger charge is 2.40. The third-order valence-corrected chi connectivity index (χ3v) is 12.1. The maximum Gasteiger partial charge on any atom is 0.305 e. The van der Waals surface area contributed by atoms with E-state index in [-0.39, 0.29) is 60.7 Å². The number of hydrogen-bond donors (Lipinski definition) is 4. The van der Waals surface area contributed by atoms with Crippen molar-refractivity contribution in [2.75, 3.05) is 42.4 Å². The Bertz CT molecular complexity index is 2680. The fourth-order valence-corrected chi connectivity index (χ4v) is 8.58. The maximum absolute atomic E-state index is 14.4. The molecule has 0 aromatic heterocycles. The number of carbonyl (C=O) groups excluding carboxylic acids is 3. The van der Waals surface area contributed by atoms with Gasteiger partial charge in [-0.3, -0.25) is 14.4 Å². The van der Waals surface area contributed by atoms with E-state index in [1.54, 1.807) is 12.1 Å². The monoisotopic (exact) mass is 894 g/mol. The van der Waals surface area contributed by atoms with E-state index in [1.165, 1.54) is 0 Å². The number of esters is 2. The lowest BCUT2D eigenvalue weighted by Gasteiger charge is -2.34. The van der Waals surface area contributed by atoms with Gasteiger partial charge in [-0.1, -0.05) is 115 Å². The molecule has 0 amide bonds. The molecule has 2 heterocycles. The van der Waals surface area contributed by atoms with E-state index in [0.717, 1.165) is 105 Å². The normalized spacial score (nSPS) is 15.7. The van der Waals surface area contributed by atoms with Crippen molar-refractivity contribution in [3.05, 3.63) is 82.6 Å². The molecule has 0 atom stereocenters. The van der Waals surface area contributed by atoms with E-state index < -0.39 is 11.3 Å². The van der Waals surface area contributed by atoms with Crippen molar-refractivity contribution < 1.29 is 38.4 Å². The minimum atomic E-state index is -1.28. The summed E-state index contributed by atoms with van der Waals surface area (Å²) < 4.78 is 22.9. The summed E-state index contributed by atoms with van der Waals surface area (Å²) in [6.07, 6.45) is 17.6. The van der Waals surface area contributed by atoms with Crippen molar-refractivity contribution in [2.24, 2.45) is 4.99 Å². The van der Waals surface area contributed by atoms with Crippen LogP contribution in [0.5, 0.6) is 0 Å². The van der Waals surface area contributed by atoms with Gasteiger partial charge in [-0.15, -0.1) is 0 Å². The lowest BCUT2D eigenvalue weighted by molar-refractivity contribution is -0.149. The zero-order valence-corrected chi connectivity index (χ0v) is 38.8. The molecular formula is C54H62N4O8. The van der Waals surface area contributed by atoms with E-state index in [0.29, 0.717) is 40.4 Å². The van der Waals surface area contributed by atoms with Gasteiger partial charge in [0.05, 0.1) is 16.5 Å². The van der Waals surface area contributed by atoms with Crippen LogP contribution in [0.25, 0.3) is 32.7 Å². The summed E-state index contributed by atoms with van der Waals surface area (Å²) in [5.41, 5.74) is 0.660. The van der Waals surface area contributed by atoms with Crippen LogP contribution in [0.15, 0.2) is 71.4 Å². The molecule has 0 saturated heterocycles. The second-order valence-corrected chi connectivity index (χ2v) is 17.2. The molecule has 4 aromatic rings. The van der Waals surface area contributed by atoms with Crippen LogP contribution in [-0.4, -0.2) is 60.6 Å². The van der Waals surface area contributed by atoms with Crippen LogP contribution in [-0.2, 0) is 33.3 Å². The van der Waals surface area contributed by atoms with E-state index in [4.69, 9.17) is 23.9 Å². The minimum Gasteiger partial charge on any atom is -0.506 e. The van der Waals surface area contributed by atoms with Gasteiger partial charge < -0.3 is 40.0 Å². The Morgan fingerprint density at radius 1 is 0.621 bits per heavy atom. The van der Waals surface area contributed by atoms with Gasteiger partial charge in [-0.25, -0.2) is 4.99 Å². The second kappa shape index (κ2) is 22.0. The fraction of sp³-hybridized carbons (Fsp3) is 0.444. The number of carbonyl (C=O) groups is 3. The first kappa shape index (κ1) is 47.3. The molecule has 12 heteroatoms. The van der Waals surface area contributed by atoms with Crippen LogP contribution in [0.2, 0.25) is 0 Å². The molecule has 66 heavy (non-hydrogen) atoms. The number of nitrogens with one attached hydrogen (secondary N) is 3. The summed E-state index contributed by atoms with van der Waals surface area (Å²) in [6, 6.07) is 18.7. The second-order valence-electron chi connectivity index (χ2n) is 17.2. The van der Waals surface area contributed by atoms with Crippen molar-refractivity contribution in [1.82, 2.24) is 0 Å². The van der Waals surface area contributed by atoms with Crippen LogP contribution in [0.1, 0.15) is 123 Å². The number of nitrogens with zero attached hydrogens (tertiary/aromatic N) is 1. The van der Waals surface area contributed by atoms with E-state index in [9.17, 15) is 19.5 Å². The Balaban J connectivity index is 1.22. The van der Waals surface area contributed by atoms with Gasteiger partial charge in [-0.2, -0.15) is 0 Å². The lowest BCUT2D eigenvalue weighted by Crippen LogP contribution is -2.50. The Kier molecular flexibility index (Phi) is 15.8. The first-order chi connectivity index (χ1) is 32.2. The average molecular weight is 895 g/mol. The van der Waals surface area contributed by atoms with Gasteiger partial charge in [0.2, 0.25) is 11.4 Å². The standard InChI is InChI=1S/C54H62N4O8/c1-5-9-13-23-45(59)65-35-54(36-66-46(60)24-14-10-6-2)57-42-22-18-20-38-40(26-28-44(58-54)48(38)42)50-51(61)49(52(50)62)39-25-27-43-47-37(39)19-17-21-41(47)55-53(56-43,29-33-63-31-15-11-7-3)30-34-64-32-16-12-8-4/h17-22,25-28,55-57,61H,5-16,23-24,31-32,35-36H2,1-4H3/b50-40+. The van der Waals surface area contributed by atoms with Crippen LogP contribution < -0.4 is 26.5 Å². The maximum atomic E-state index is 14.4. The van der Waals surface area contributed by atoms with Gasteiger partial charge in [0.25, 0.3) is 0 Å². The van der Waals surface area contributed by atoms with Gasteiger partial charge >= 0.3 is 11.9 Å². The predicted octanol–water partition coefficient (Wildman–Crippen LogP) is 9.55. The highest BCUT2D eigenvalue weighted by atomic mass is 16.6. The number of allylic oxidation sites excluding steroid dienone is 2. The summed E-state index contributed by atoms with van der Waals surface area (Å²) in [5.74, 6) is 5.24. The van der Waals surface area contributed by atoms with E-state index >= 15 is 0 Å². The number of rotatable bonds is 21. The van der Waals surface area contributed by atoms with Crippen LogP contribution in [0, 0.1) is 24.1 Å². The quantitative estimate of drug-likeness (QED) is 0.0359. The van der Waals surface area contributed by atoms with Crippen molar-refractivity contribution in [2.45, 2.75) is 129 Å². The van der Waals surface area contributed by atoms with Crippen molar-refractivity contribution >= 4 is 67.5 Å². The summed E-state index contributed by atoms with van der Waals surface area (Å²) in [5, 5.41) is 26.4. The van der Waals surface area contributed by atoms with Gasteiger partial charge in [0, 0.05) is 52.5 Å². The largest absolute Gasteiger partial charge is 0.506 e. The predicted molar refractivity (Wildman–Crippen MR) is 260 cm³/mol. The Hall–Kier alpha value is -6.66. The molecule has 4 N–H and O–H groups in total. The molecule has 1 aliphatic carbocycles. The molecular weight excluding hydrogens is 833 g/mol. The molecule has 0 fully saturated rings. The molecule has 0 radical (unpaired) electrons. The number of Topliss-reactive ketones (excluding diaryl/α,β-unsaturated/α-hetero) is 1. The molecule has 0 saturated carbocycles. The molecule has 2 aliphatic heterocycles. The summed E-state index contributed by atoms with van der Waals surface area (Å²) >= 11 is 0. The number of anilines is 3. The number of aliphatic hydroxyl groups excluding tert-OH is 1. The van der Waals surface area contributed by atoms with E-state index in [2.05, 4.69) is 67.7 Å². The number of aliphatic hydroxyl groups is 1. The highest BCUT2D eigenvalue weighted by molar-refractivity contribution is 6.53. The molecule has 3 aliphatic rings. The number of ketones is 1. The van der Waals surface area contributed by atoms with Crippen LogP contribution in [0.3, 0.4) is 0 Å². The lowest BCUT2D eigenvalue weighted by atomic mass is 9.79. The number of ether oxygens (including phenoxy) is 4. The molecule has 0 spiro atoms. The number of hydrogen-bond acceptors (Lipinski definition) is 12. The van der Waals surface area contributed by atoms with Crippen LogP contribution >= 0.6 is 0 Å². The van der Waals surface area contributed by atoms with Crippen LogP contribution in [0.4, 0.5) is 17.1 Å². The highest BCUT2D eigenvalue weighted by Crippen LogP contribution is 2.45. The molecule has 0 unspecified atom stereocenters. The number of unbranched alkanes of at least 4 members (excludes halogenated alkanes) is 8. The summed E-state index contributed by atoms with van der Waals surface area (Å²) in [6.45, 7) is 9.16. The van der Waals surface area contributed by atoms with Crippen molar-refractivity contribution in [3.8, 4) is 24.1 Å². The van der Waals surface area contributed by atoms with E-state index in [1.807, 2.05) is 48.5 Å². The SMILES string of the molecule is CCCCCOC#CC1(C#COCCCCC)Nc2cccc3c(C4=C(O)/C(=c5/ccc6c7c(cccc57)NC(COC(=O)CCCCC)(COC(=O)CCCCC)N=6)C4=O)ccc(c23)N1. The smallest absolute Gasteiger partial charge is 0.305 e. The third kappa shape index (κ3) is 10.6. The topological polar surface area (TPSA) is 157 Å². The van der Waals surface area contributed by atoms with Crippen molar-refractivity contribution in [1.29, 1.82) is 0 Å². The molecule has 346 valence electrons. The fourth-order valence-electron chi connectivity index (χ4n) is 8.58. The molecule has 4 aromatic carbocycles. The Morgan fingerprint density at radius 3 is 1.74 bits per heavy atom. The summed E-state index contributed by atoms with van der Waals surface area (Å²) in [7, 11) is 0. The van der Waals surface area contributed by atoms with Gasteiger partial charge in [-0.05, 0) is 71.5 Å². The Morgan fingerprint density at radius 2 is 1.17 bits per heavy atom. The zero-order chi connectivity index (χ0) is 46.5. The molecule has 7 rings (SSSR count). The first-order valence-corrected chi connectivity index (χ1v) is 23.8. The van der Waals surface area contributed by atoms with Crippen molar-refractivity contribution in [3.63, 3.8) is 0 Å². The summed E-state index contributed by atoms with van der Waals surface area (Å²) in [4.78, 5) is 45.0. The molecule has 0 bridgehead atoms. The third-order valence-electron chi connectivity index (χ3n) is 12.1. The molecule has 12 nitrogen and oxygen atoms in total. The zero-order valence-electron chi connectivity index (χ0n) is 38.8. The number of benzene rings is 4. The van der Waals surface area contributed by atoms with Gasteiger partial charge in [0.15, 0.2) is 5.66 Å².